The highest BCUT2D eigenvalue weighted by Gasteiger charge is 2.41. The van der Waals surface area contributed by atoms with Crippen LogP contribution in [0.1, 0.15) is 85.6 Å². The summed E-state index contributed by atoms with van der Waals surface area (Å²) < 4.78 is 26.4. The number of hydrogen-bond donors (Lipinski definition) is 1. The predicted octanol–water partition coefficient (Wildman–Crippen LogP) is 4.55. The molecule has 1 aromatic carbocycles. The first-order valence-electron chi connectivity index (χ1n) is 15.6. The third-order valence-corrected chi connectivity index (χ3v) is 7.00. The lowest BCUT2D eigenvalue weighted by Crippen LogP contribution is -2.44. The Balaban J connectivity index is 2.76. The molecule has 1 aromatic rings. The van der Waals surface area contributed by atoms with Crippen molar-refractivity contribution in [2.24, 2.45) is 17.6 Å². The highest BCUT2D eigenvalue weighted by molar-refractivity contribution is 5.86. The summed E-state index contributed by atoms with van der Waals surface area (Å²) in [5.74, 6) is -3.89. The fourth-order valence-electron chi connectivity index (χ4n) is 4.11. The largest absolute Gasteiger partial charge is 0.516 e. The summed E-state index contributed by atoms with van der Waals surface area (Å²) in [5, 5.41) is 0. The summed E-state index contributed by atoms with van der Waals surface area (Å²) in [6, 6.07) is 8.16. The smallest absolute Gasteiger partial charge is 0.464 e. The lowest BCUT2D eigenvalue weighted by molar-refractivity contribution is -0.176. The highest BCUT2D eigenvalue weighted by atomic mass is 16.7. The molecule has 0 radical (unpaired) electrons. The number of nitrogens with two attached hydrogens (primary N) is 1. The summed E-state index contributed by atoms with van der Waals surface area (Å²) in [6.07, 6.45) is 0.786. The van der Waals surface area contributed by atoms with Crippen molar-refractivity contribution in [3.05, 3.63) is 35.9 Å². The Morgan fingerprint density at radius 2 is 1.58 bits per heavy atom. The topological polar surface area (TPSA) is 161 Å². The number of benzene rings is 1. The Kier molecular flexibility index (Phi) is 18.0. The van der Waals surface area contributed by atoms with Crippen molar-refractivity contribution in [2.75, 3.05) is 26.8 Å². The van der Waals surface area contributed by atoms with Crippen LogP contribution in [-0.4, -0.2) is 79.4 Å². The van der Waals surface area contributed by atoms with Crippen LogP contribution in [0.2, 0.25) is 0 Å². The SMILES string of the molecule is CCCCOC(=O)[C@H](OCC(=O)N(C)CCCC[C@H](N)C(=O)OC(=O)OC(C)(C)C)[C@H](C(=O)OCc1ccccc1)C(C)CC. The summed E-state index contributed by atoms with van der Waals surface area (Å²) in [5.41, 5.74) is 5.83. The van der Waals surface area contributed by atoms with E-state index in [0.717, 1.165) is 12.0 Å². The minimum Gasteiger partial charge on any atom is -0.464 e. The van der Waals surface area contributed by atoms with Gasteiger partial charge in [0.25, 0.3) is 0 Å². The molecule has 0 aliphatic carbocycles. The van der Waals surface area contributed by atoms with Gasteiger partial charge >= 0.3 is 24.1 Å². The number of esters is 3. The van der Waals surface area contributed by atoms with Crippen LogP contribution in [0.15, 0.2) is 30.3 Å². The molecular weight excluding hydrogens is 584 g/mol. The van der Waals surface area contributed by atoms with E-state index in [-0.39, 0.29) is 25.6 Å². The Hall–Kier alpha value is -3.51. The molecule has 0 saturated carbocycles. The second-order valence-electron chi connectivity index (χ2n) is 12.1. The van der Waals surface area contributed by atoms with Crippen LogP contribution < -0.4 is 5.73 Å². The molecule has 0 saturated heterocycles. The van der Waals surface area contributed by atoms with E-state index in [2.05, 4.69) is 4.74 Å². The van der Waals surface area contributed by atoms with Gasteiger partial charge in [-0.25, -0.2) is 14.4 Å². The van der Waals surface area contributed by atoms with Crippen LogP contribution in [0.4, 0.5) is 4.79 Å². The third kappa shape index (κ3) is 15.9. The minimum atomic E-state index is -1.33. The molecule has 0 aliphatic rings. The van der Waals surface area contributed by atoms with Gasteiger partial charge in [-0.15, -0.1) is 0 Å². The maximum atomic E-state index is 13.3. The number of unbranched alkanes of at least 4 members (excludes halogenated alkanes) is 2. The Morgan fingerprint density at radius 1 is 0.911 bits per heavy atom. The van der Waals surface area contributed by atoms with Crippen molar-refractivity contribution < 1.29 is 47.7 Å². The zero-order valence-electron chi connectivity index (χ0n) is 27.9. The van der Waals surface area contributed by atoms with Gasteiger partial charge in [-0.05, 0) is 57.9 Å². The molecule has 0 fully saturated rings. The normalized spacial score (nSPS) is 14.0. The van der Waals surface area contributed by atoms with E-state index in [9.17, 15) is 24.0 Å². The number of carbonyl (C=O) groups excluding carboxylic acids is 5. The van der Waals surface area contributed by atoms with Crippen molar-refractivity contribution in [2.45, 2.75) is 104 Å². The molecule has 0 aliphatic heterocycles. The van der Waals surface area contributed by atoms with E-state index in [0.29, 0.717) is 32.2 Å². The summed E-state index contributed by atoms with van der Waals surface area (Å²) in [7, 11) is 1.58. The minimum absolute atomic E-state index is 0.0360. The summed E-state index contributed by atoms with van der Waals surface area (Å²) in [6.45, 7) is 10.7. The molecule has 1 rings (SSSR count). The molecule has 0 heterocycles. The van der Waals surface area contributed by atoms with Crippen LogP contribution in [0, 0.1) is 11.8 Å². The molecule has 0 bridgehead atoms. The molecule has 1 amide bonds. The second kappa shape index (κ2) is 20.5. The molecule has 0 aromatic heterocycles. The highest BCUT2D eigenvalue weighted by Crippen LogP contribution is 2.25. The van der Waals surface area contributed by atoms with Crippen molar-refractivity contribution in [1.29, 1.82) is 0 Å². The maximum Gasteiger partial charge on any atom is 0.516 e. The zero-order chi connectivity index (χ0) is 34.0. The zero-order valence-corrected chi connectivity index (χ0v) is 27.9. The summed E-state index contributed by atoms with van der Waals surface area (Å²) in [4.78, 5) is 64.5. The molecule has 0 spiro atoms. The van der Waals surface area contributed by atoms with Crippen molar-refractivity contribution in [1.82, 2.24) is 4.90 Å². The molecule has 12 nitrogen and oxygen atoms in total. The molecule has 1 unspecified atom stereocenters. The second-order valence-corrected chi connectivity index (χ2v) is 12.1. The van der Waals surface area contributed by atoms with Gasteiger partial charge in [-0.3, -0.25) is 9.59 Å². The van der Waals surface area contributed by atoms with Gasteiger partial charge in [-0.2, -0.15) is 0 Å². The quantitative estimate of drug-likeness (QED) is 0.0981. The van der Waals surface area contributed by atoms with E-state index >= 15 is 0 Å². The Morgan fingerprint density at radius 3 is 2.18 bits per heavy atom. The van der Waals surface area contributed by atoms with Crippen molar-refractivity contribution in [3.8, 4) is 0 Å². The Bertz CT molecular complexity index is 1070. The van der Waals surface area contributed by atoms with Crippen LogP contribution in [0.5, 0.6) is 0 Å². The fourth-order valence-corrected chi connectivity index (χ4v) is 4.11. The van der Waals surface area contributed by atoms with Gasteiger partial charge in [0.2, 0.25) is 5.91 Å². The van der Waals surface area contributed by atoms with Gasteiger partial charge in [-0.1, -0.05) is 63.9 Å². The number of nitrogens with zero attached hydrogens (tertiary/aromatic N) is 1. The first-order valence-corrected chi connectivity index (χ1v) is 15.6. The number of hydrogen-bond acceptors (Lipinski definition) is 11. The third-order valence-electron chi connectivity index (χ3n) is 7.00. The average Bonchev–Trinajstić information content (AvgIpc) is 2.98. The van der Waals surface area contributed by atoms with Crippen molar-refractivity contribution >= 4 is 30.0 Å². The van der Waals surface area contributed by atoms with Gasteiger partial charge in [0.15, 0.2) is 6.10 Å². The first-order chi connectivity index (χ1) is 21.2. The number of ether oxygens (including phenoxy) is 5. The van der Waals surface area contributed by atoms with Gasteiger partial charge < -0.3 is 34.3 Å². The number of amides is 1. The standard InChI is InChI=1S/C33H52N2O10/c1-8-10-20-41-31(39)28(27(23(3)9-2)30(38)43-21-24-16-12-11-13-17-24)42-22-26(36)35(7)19-15-14-18-25(34)29(37)44-32(40)45-33(4,5)6/h11-13,16-17,23,25,27-28H,8-10,14-15,18-22,34H2,1-7H3/t23?,25-,27+,28+/m0/s1. The van der Waals surface area contributed by atoms with Crippen LogP contribution in [-0.2, 0) is 49.5 Å². The van der Waals surface area contributed by atoms with Crippen LogP contribution in [0.3, 0.4) is 0 Å². The molecule has 2 N–H and O–H groups in total. The number of carbonyl (C=O) groups is 5. The monoisotopic (exact) mass is 636 g/mol. The lowest BCUT2D eigenvalue weighted by Gasteiger charge is -2.29. The predicted molar refractivity (Wildman–Crippen MR) is 167 cm³/mol. The molecular formula is C33H52N2O10. The fraction of sp³-hybridized carbons (Fsp3) is 0.667. The number of likely N-dealkylation sites (N-methyl/N-ethyl adjacent to an activating group) is 1. The van der Waals surface area contributed by atoms with Crippen molar-refractivity contribution in [3.63, 3.8) is 0 Å². The van der Waals surface area contributed by atoms with Crippen LogP contribution in [0.25, 0.3) is 0 Å². The molecule has 12 heteroatoms. The van der Waals surface area contributed by atoms with E-state index in [1.807, 2.05) is 51.1 Å². The molecule has 45 heavy (non-hydrogen) atoms. The van der Waals surface area contributed by atoms with Crippen LogP contribution >= 0.6 is 0 Å². The lowest BCUT2D eigenvalue weighted by atomic mass is 9.86. The van der Waals surface area contributed by atoms with E-state index in [1.165, 1.54) is 4.90 Å². The van der Waals surface area contributed by atoms with Gasteiger partial charge in [0.05, 0.1) is 12.5 Å². The Labute approximate surface area is 267 Å². The summed E-state index contributed by atoms with van der Waals surface area (Å²) >= 11 is 0. The van der Waals surface area contributed by atoms with E-state index in [4.69, 9.17) is 24.7 Å². The number of rotatable bonds is 19. The maximum absolute atomic E-state index is 13.3. The van der Waals surface area contributed by atoms with E-state index in [1.54, 1.807) is 27.8 Å². The average molecular weight is 637 g/mol. The van der Waals surface area contributed by atoms with Gasteiger partial charge in [0.1, 0.15) is 24.9 Å². The van der Waals surface area contributed by atoms with E-state index < -0.39 is 60.2 Å². The first kappa shape index (κ1) is 39.5. The molecule has 254 valence electrons. The molecule has 4 atom stereocenters. The van der Waals surface area contributed by atoms with Gasteiger partial charge in [0, 0.05) is 13.6 Å².